The number of hydrogen-bond donors (Lipinski definition) is 2. The third-order valence-electron chi connectivity index (χ3n) is 3.79. The number of hydrogen-bond acceptors (Lipinski definition) is 3. The van der Waals surface area contributed by atoms with E-state index in [1.54, 1.807) is 6.20 Å². The Morgan fingerprint density at radius 1 is 1.09 bits per heavy atom. The molecule has 0 radical (unpaired) electrons. The predicted molar refractivity (Wildman–Crippen MR) is 90.1 cm³/mol. The zero-order valence-electron chi connectivity index (χ0n) is 12.5. The lowest BCUT2D eigenvalue weighted by atomic mass is 10.1. The second-order valence-electron chi connectivity index (χ2n) is 5.45. The highest BCUT2D eigenvalue weighted by Gasteiger charge is 2.11. The predicted octanol–water partition coefficient (Wildman–Crippen LogP) is 3.29. The topological polar surface area (TPSA) is 74.4 Å². The first-order valence-corrected chi connectivity index (χ1v) is 7.31. The summed E-state index contributed by atoms with van der Waals surface area (Å²) >= 11 is 0. The largest absolute Gasteiger partial charge is 0.345 e. The van der Waals surface area contributed by atoms with Crippen molar-refractivity contribution in [2.75, 3.05) is 0 Å². The average molecular weight is 302 g/mol. The number of aromatic nitrogens is 4. The molecule has 0 atom stereocenters. The molecule has 0 saturated carbocycles. The zero-order valence-corrected chi connectivity index (χ0v) is 12.5. The second-order valence-corrected chi connectivity index (χ2v) is 5.45. The minimum absolute atomic E-state index is 0.177. The zero-order chi connectivity index (χ0) is 15.8. The molecular formula is C18H14N4O. The number of H-pyrrole nitrogens is 2. The highest BCUT2D eigenvalue weighted by molar-refractivity contribution is 5.92. The standard InChI is InChI=1S/C18H14N4O/c1-11-4-6-12(7-5-11)17-21-15(9-16(23)22-17)14-10-20-18-13(14)3-2-8-19-18/h2-10H,1H3,(H,19,20)(H,21,22,23). The SMILES string of the molecule is Cc1ccc(-c2nc(-c3c[nH]c4ncccc34)cc(=O)[nH]2)cc1. The van der Waals surface area contributed by atoms with Crippen molar-refractivity contribution in [3.05, 3.63) is 70.8 Å². The molecule has 0 unspecified atom stereocenters. The molecule has 23 heavy (non-hydrogen) atoms. The first-order valence-electron chi connectivity index (χ1n) is 7.31. The molecule has 0 aliphatic heterocycles. The Morgan fingerprint density at radius 2 is 1.91 bits per heavy atom. The fourth-order valence-electron chi connectivity index (χ4n) is 2.61. The summed E-state index contributed by atoms with van der Waals surface area (Å²) in [6, 6.07) is 13.2. The molecule has 5 heteroatoms. The third-order valence-corrected chi connectivity index (χ3v) is 3.79. The van der Waals surface area contributed by atoms with E-state index in [2.05, 4.69) is 19.9 Å². The second kappa shape index (κ2) is 5.21. The Kier molecular flexibility index (Phi) is 3.05. The Morgan fingerprint density at radius 3 is 2.74 bits per heavy atom. The number of rotatable bonds is 2. The molecule has 0 bridgehead atoms. The van der Waals surface area contributed by atoms with Gasteiger partial charge in [0.1, 0.15) is 11.5 Å². The van der Waals surface area contributed by atoms with E-state index in [0.717, 1.165) is 27.7 Å². The minimum atomic E-state index is -0.177. The van der Waals surface area contributed by atoms with Gasteiger partial charge in [-0.3, -0.25) is 4.79 Å². The fourth-order valence-corrected chi connectivity index (χ4v) is 2.61. The van der Waals surface area contributed by atoms with Crippen molar-refractivity contribution >= 4 is 11.0 Å². The van der Waals surface area contributed by atoms with E-state index in [-0.39, 0.29) is 5.56 Å². The van der Waals surface area contributed by atoms with Gasteiger partial charge in [0.25, 0.3) is 5.56 Å². The normalized spacial score (nSPS) is 11.0. The van der Waals surface area contributed by atoms with Gasteiger partial charge in [-0.05, 0) is 19.1 Å². The van der Waals surface area contributed by atoms with E-state index in [1.165, 1.54) is 6.07 Å². The van der Waals surface area contributed by atoms with Gasteiger partial charge in [0, 0.05) is 35.0 Å². The highest BCUT2D eigenvalue weighted by Crippen LogP contribution is 2.26. The number of nitrogens with one attached hydrogen (secondary N) is 2. The molecule has 0 spiro atoms. The van der Waals surface area contributed by atoms with Crippen molar-refractivity contribution in [1.82, 2.24) is 19.9 Å². The number of benzene rings is 1. The van der Waals surface area contributed by atoms with Crippen LogP contribution in [0.25, 0.3) is 33.7 Å². The van der Waals surface area contributed by atoms with Crippen LogP contribution in [-0.2, 0) is 0 Å². The fraction of sp³-hybridized carbons (Fsp3) is 0.0556. The van der Waals surface area contributed by atoms with Crippen LogP contribution in [0.15, 0.2) is 59.7 Å². The van der Waals surface area contributed by atoms with Crippen molar-refractivity contribution in [2.24, 2.45) is 0 Å². The maximum absolute atomic E-state index is 12.1. The molecule has 0 fully saturated rings. The van der Waals surface area contributed by atoms with Gasteiger partial charge in [-0.2, -0.15) is 0 Å². The lowest BCUT2D eigenvalue weighted by Crippen LogP contribution is -2.08. The van der Waals surface area contributed by atoms with Gasteiger partial charge in [-0.15, -0.1) is 0 Å². The number of pyridine rings is 1. The molecule has 2 N–H and O–H groups in total. The van der Waals surface area contributed by atoms with E-state index >= 15 is 0 Å². The Balaban J connectivity index is 1.90. The summed E-state index contributed by atoms with van der Waals surface area (Å²) in [6.07, 6.45) is 3.56. The molecule has 112 valence electrons. The molecule has 0 saturated heterocycles. The molecule has 0 aliphatic rings. The lowest BCUT2D eigenvalue weighted by Gasteiger charge is -2.04. The van der Waals surface area contributed by atoms with Crippen molar-refractivity contribution in [1.29, 1.82) is 0 Å². The summed E-state index contributed by atoms with van der Waals surface area (Å²) in [4.78, 5) is 26.9. The van der Waals surface area contributed by atoms with Crippen LogP contribution in [0.3, 0.4) is 0 Å². The number of aryl methyl sites for hydroxylation is 1. The number of aromatic amines is 2. The molecule has 4 aromatic rings. The molecule has 3 heterocycles. The summed E-state index contributed by atoms with van der Waals surface area (Å²) in [7, 11) is 0. The molecule has 0 aliphatic carbocycles. The van der Waals surface area contributed by atoms with Gasteiger partial charge in [0.15, 0.2) is 0 Å². The van der Waals surface area contributed by atoms with E-state index in [0.29, 0.717) is 11.5 Å². The molecular weight excluding hydrogens is 288 g/mol. The minimum Gasteiger partial charge on any atom is -0.345 e. The Labute approximate surface area is 132 Å². The van der Waals surface area contributed by atoms with Gasteiger partial charge in [-0.1, -0.05) is 29.8 Å². The maximum Gasteiger partial charge on any atom is 0.251 e. The van der Waals surface area contributed by atoms with E-state index < -0.39 is 0 Å². The molecule has 0 amide bonds. The quantitative estimate of drug-likeness (QED) is 0.596. The summed E-state index contributed by atoms with van der Waals surface area (Å²) in [5.74, 6) is 0.561. The maximum atomic E-state index is 12.1. The molecule has 5 nitrogen and oxygen atoms in total. The molecule has 3 aromatic heterocycles. The summed E-state index contributed by atoms with van der Waals surface area (Å²) < 4.78 is 0. The van der Waals surface area contributed by atoms with Gasteiger partial charge in [0.05, 0.1) is 5.69 Å². The van der Waals surface area contributed by atoms with Crippen LogP contribution < -0.4 is 5.56 Å². The van der Waals surface area contributed by atoms with Gasteiger partial charge in [-0.25, -0.2) is 9.97 Å². The van der Waals surface area contributed by atoms with Crippen molar-refractivity contribution < 1.29 is 0 Å². The van der Waals surface area contributed by atoms with Crippen LogP contribution in [0.2, 0.25) is 0 Å². The van der Waals surface area contributed by atoms with E-state index in [1.807, 2.05) is 49.5 Å². The van der Waals surface area contributed by atoms with Crippen LogP contribution in [0.1, 0.15) is 5.56 Å². The summed E-state index contributed by atoms with van der Waals surface area (Å²) in [6.45, 7) is 2.02. The third kappa shape index (κ3) is 2.42. The van der Waals surface area contributed by atoms with Gasteiger partial charge >= 0.3 is 0 Å². The van der Waals surface area contributed by atoms with Crippen LogP contribution in [-0.4, -0.2) is 19.9 Å². The van der Waals surface area contributed by atoms with Crippen molar-refractivity contribution in [3.63, 3.8) is 0 Å². The molecule has 1 aromatic carbocycles. The Bertz CT molecular complexity index is 1040. The summed E-state index contributed by atoms with van der Waals surface area (Å²) in [5.41, 5.74) is 4.14. The highest BCUT2D eigenvalue weighted by atomic mass is 16.1. The van der Waals surface area contributed by atoms with Crippen molar-refractivity contribution in [3.8, 4) is 22.6 Å². The van der Waals surface area contributed by atoms with Crippen LogP contribution in [0, 0.1) is 6.92 Å². The average Bonchev–Trinajstić information content (AvgIpc) is 2.99. The monoisotopic (exact) mass is 302 g/mol. The van der Waals surface area contributed by atoms with Crippen LogP contribution >= 0.6 is 0 Å². The smallest absolute Gasteiger partial charge is 0.251 e. The van der Waals surface area contributed by atoms with Gasteiger partial charge < -0.3 is 9.97 Å². The van der Waals surface area contributed by atoms with Crippen LogP contribution in [0.4, 0.5) is 0 Å². The number of fused-ring (bicyclic) bond motifs is 1. The molecule has 4 rings (SSSR count). The Hall–Kier alpha value is -3.21. The van der Waals surface area contributed by atoms with E-state index in [9.17, 15) is 4.79 Å². The van der Waals surface area contributed by atoms with Crippen molar-refractivity contribution in [2.45, 2.75) is 6.92 Å². The van der Waals surface area contributed by atoms with E-state index in [4.69, 9.17) is 0 Å². The number of nitrogens with zero attached hydrogens (tertiary/aromatic N) is 2. The van der Waals surface area contributed by atoms with Gasteiger partial charge in [0.2, 0.25) is 0 Å². The first kappa shape index (κ1) is 13.5. The van der Waals surface area contributed by atoms with Crippen LogP contribution in [0.5, 0.6) is 0 Å². The first-order chi connectivity index (χ1) is 11.2. The lowest BCUT2D eigenvalue weighted by molar-refractivity contribution is 1.13. The summed E-state index contributed by atoms with van der Waals surface area (Å²) in [5, 5.41) is 0.945.